The molecule has 2 heteroatoms. The van der Waals surface area contributed by atoms with Crippen LogP contribution in [0.4, 0.5) is 0 Å². The average molecular weight is 234 g/mol. The van der Waals surface area contributed by atoms with Crippen LogP contribution in [0.15, 0.2) is 30.6 Å². The van der Waals surface area contributed by atoms with Gasteiger partial charge in [0.25, 0.3) is 0 Å². The molecule has 1 aromatic carbocycles. The van der Waals surface area contributed by atoms with E-state index in [1.165, 1.54) is 22.3 Å². The van der Waals surface area contributed by atoms with Crippen LogP contribution in [0.2, 0.25) is 5.02 Å². The van der Waals surface area contributed by atoms with E-state index in [0.717, 1.165) is 11.6 Å². The summed E-state index contributed by atoms with van der Waals surface area (Å²) >= 11 is 5.91. The summed E-state index contributed by atoms with van der Waals surface area (Å²) in [5, 5.41) is 0.794. The Morgan fingerprint density at radius 1 is 1.12 bits per heavy atom. The van der Waals surface area contributed by atoms with Crippen molar-refractivity contribution in [3.05, 3.63) is 57.9 Å². The highest BCUT2D eigenvalue weighted by Crippen LogP contribution is 2.18. The number of hydrogen-bond acceptors (Lipinski definition) is 0. The van der Waals surface area contributed by atoms with Gasteiger partial charge in [0, 0.05) is 18.9 Å². The van der Waals surface area contributed by atoms with Crippen LogP contribution in [0, 0.1) is 20.8 Å². The lowest BCUT2D eigenvalue weighted by molar-refractivity contribution is 0.794. The third-order valence-corrected chi connectivity index (χ3v) is 3.12. The lowest BCUT2D eigenvalue weighted by atomic mass is 10.00. The van der Waals surface area contributed by atoms with Gasteiger partial charge in [0.15, 0.2) is 0 Å². The molecule has 2 rings (SSSR count). The molecule has 2 aromatic rings. The minimum absolute atomic E-state index is 0.794. The number of nitrogens with zero attached hydrogens (tertiary/aromatic N) is 1. The van der Waals surface area contributed by atoms with Gasteiger partial charge in [-0.3, -0.25) is 0 Å². The van der Waals surface area contributed by atoms with E-state index in [2.05, 4.69) is 37.5 Å². The molecule has 0 atom stereocenters. The van der Waals surface area contributed by atoms with E-state index in [-0.39, 0.29) is 0 Å². The molecule has 16 heavy (non-hydrogen) atoms. The summed E-state index contributed by atoms with van der Waals surface area (Å²) in [5.41, 5.74) is 5.41. The fraction of sp³-hybridized carbons (Fsp3) is 0.286. The van der Waals surface area contributed by atoms with Gasteiger partial charge >= 0.3 is 0 Å². The second-order valence-corrected chi connectivity index (χ2v) is 4.82. The van der Waals surface area contributed by atoms with Gasteiger partial charge in [0.1, 0.15) is 0 Å². The van der Waals surface area contributed by atoms with Crippen molar-refractivity contribution >= 4 is 11.6 Å². The summed E-state index contributed by atoms with van der Waals surface area (Å²) in [4.78, 5) is 0. The Kier molecular flexibility index (Phi) is 3.06. The monoisotopic (exact) mass is 233 g/mol. The molecule has 0 aliphatic heterocycles. The van der Waals surface area contributed by atoms with Crippen LogP contribution in [0.3, 0.4) is 0 Å². The predicted molar refractivity (Wildman–Crippen MR) is 69.2 cm³/mol. The molecule has 0 bridgehead atoms. The SMILES string of the molecule is Cc1cc(C)c(Cn2ccc(Cl)c2)c(C)c1. The van der Waals surface area contributed by atoms with Crippen LogP contribution in [0.1, 0.15) is 22.3 Å². The summed E-state index contributed by atoms with van der Waals surface area (Å²) in [6.45, 7) is 7.36. The molecular formula is C14H16ClN. The van der Waals surface area contributed by atoms with Crippen molar-refractivity contribution in [3.63, 3.8) is 0 Å². The van der Waals surface area contributed by atoms with Crippen LogP contribution in [0.5, 0.6) is 0 Å². The average Bonchev–Trinajstić information content (AvgIpc) is 2.58. The second kappa shape index (κ2) is 4.34. The van der Waals surface area contributed by atoms with Crippen LogP contribution in [-0.4, -0.2) is 4.57 Å². The second-order valence-electron chi connectivity index (χ2n) is 4.38. The highest BCUT2D eigenvalue weighted by atomic mass is 35.5. The molecule has 0 radical (unpaired) electrons. The van der Waals surface area contributed by atoms with E-state index in [1.807, 2.05) is 18.5 Å². The lowest BCUT2D eigenvalue weighted by Crippen LogP contribution is -2.01. The Morgan fingerprint density at radius 3 is 2.25 bits per heavy atom. The van der Waals surface area contributed by atoms with Gasteiger partial charge in [-0.15, -0.1) is 0 Å². The number of benzene rings is 1. The van der Waals surface area contributed by atoms with E-state index in [4.69, 9.17) is 11.6 Å². The highest BCUT2D eigenvalue weighted by molar-refractivity contribution is 6.30. The van der Waals surface area contributed by atoms with Crippen molar-refractivity contribution in [2.45, 2.75) is 27.3 Å². The van der Waals surface area contributed by atoms with Crippen molar-refractivity contribution in [2.24, 2.45) is 0 Å². The van der Waals surface area contributed by atoms with Crippen LogP contribution in [-0.2, 0) is 6.54 Å². The molecule has 0 spiro atoms. The summed E-state index contributed by atoms with van der Waals surface area (Å²) in [5.74, 6) is 0. The van der Waals surface area contributed by atoms with Crippen LogP contribution in [0.25, 0.3) is 0 Å². The fourth-order valence-electron chi connectivity index (χ4n) is 2.15. The molecule has 1 nitrogen and oxygen atoms in total. The fourth-order valence-corrected chi connectivity index (χ4v) is 2.33. The lowest BCUT2D eigenvalue weighted by Gasteiger charge is -2.12. The van der Waals surface area contributed by atoms with Gasteiger partial charge in [-0.05, 0) is 43.5 Å². The third kappa shape index (κ3) is 2.30. The molecule has 0 N–H and O–H groups in total. The van der Waals surface area contributed by atoms with E-state index >= 15 is 0 Å². The smallest absolute Gasteiger partial charge is 0.0582 e. The summed E-state index contributed by atoms with van der Waals surface area (Å²) in [6.07, 6.45) is 3.97. The zero-order valence-electron chi connectivity index (χ0n) is 9.92. The molecule has 0 aliphatic carbocycles. The van der Waals surface area contributed by atoms with Gasteiger partial charge in [-0.2, -0.15) is 0 Å². The maximum atomic E-state index is 5.91. The molecule has 1 aromatic heterocycles. The maximum absolute atomic E-state index is 5.91. The standard InChI is InChI=1S/C14H16ClN/c1-10-6-11(2)14(12(3)7-10)9-16-5-4-13(15)8-16/h4-8H,9H2,1-3H3. The number of rotatable bonds is 2. The minimum Gasteiger partial charge on any atom is -0.348 e. The molecule has 0 fully saturated rings. The molecule has 84 valence electrons. The van der Waals surface area contributed by atoms with E-state index in [9.17, 15) is 0 Å². The van der Waals surface area contributed by atoms with Crippen molar-refractivity contribution in [1.29, 1.82) is 0 Å². The molecule has 0 aliphatic rings. The van der Waals surface area contributed by atoms with Crippen molar-refractivity contribution in [2.75, 3.05) is 0 Å². The maximum Gasteiger partial charge on any atom is 0.0582 e. The van der Waals surface area contributed by atoms with E-state index in [0.29, 0.717) is 0 Å². The van der Waals surface area contributed by atoms with Gasteiger partial charge in [-0.25, -0.2) is 0 Å². The van der Waals surface area contributed by atoms with Crippen molar-refractivity contribution in [1.82, 2.24) is 4.57 Å². The zero-order valence-corrected chi connectivity index (χ0v) is 10.7. The van der Waals surface area contributed by atoms with Gasteiger partial charge in [0.05, 0.1) is 5.02 Å². The Hall–Kier alpha value is -1.21. The Morgan fingerprint density at radius 2 is 1.75 bits per heavy atom. The minimum atomic E-state index is 0.794. The molecule has 0 saturated carbocycles. The normalized spacial score (nSPS) is 10.8. The number of halogens is 1. The van der Waals surface area contributed by atoms with Gasteiger partial charge < -0.3 is 4.57 Å². The van der Waals surface area contributed by atoms with Crippen LogP contribution >= 0.6 is 11.6 Å². The predicted octanol–water partition coefficient (Wildman–Crippen LogP) is 4.12. The Labute approximate surface area is 102 Å². The largest absolute Gasteiger partial charge is 0.348 e. The van der Waals surface area contributed by atoms with Crippen molar-refractivity contribution < 1.29 is 0 Å². The summed E-state index contributed by atoms with van der Waals surface area (Å²) in [7, 11) is 0. The topological polar surface area (TPSA) is 4.93 Å². The molecule has 0 amide bonds. The van der Waals surface area contributed by atoms with E-state index < -0.39 is 0 Å². The summed E-state index contributed by atoms with van der Waals surface area (Å²) in [6, 6.07) is 6.38. The van der Waals surface area contributed by atoms with Crippen LogP contribution < -0.4 is 0 Å². The first-order chi connectivity index (χ1) is 7.56. The van der Waals surface area contributed by atoms with Gasteiger partial charge in [0.2, 0.25) is 0 Å². The Balaban J connectivity index is 2.34. The first kappa shape index (κ1) is 11.3. The first-order valence-corrected chi connectivity index (χ1v) is 5.82. The number of aryl methyl sites for hydroxylation is 3. The quantitative estimate of drug-likeness (QED) is 0.736. The van der Waals surface area contributed by atoms with Crippen molar-refractivity contribution in [3.8, 4) is 0 Å². The van der Waals surface area contributed by atoms with Gasteiger partial charge in [-0.1, -0.05) is 29.3 Å². The number of aromatic nitrogens is 1. The zero-order chi connectivity index (χ0) is 11.7. The molecule has 0 unspecified atom stereocenters. The Bertz CT molecular complexity index is 488. The summed E-state index contributed by atoms with van der Waals surface area (Å²) < 4.78 is 2.12. The first-order valence-electron chi connectivity index (χ1n) is 5.44. The molecule has 1 heterocycles. The highest BCUT2D eigenvalue weighted by Gasteiger charge is 2.04. The van der Waals surface area contributed by atoms with E-state index in [1.54, 1.807) is 0 Å². The molecule has 0 saturated heterocycles. The molecular weight excluding hydrogens is 218 g/mol. The number of hydrogen-bond donors (Lipinski definition) is 0. The third-order valence-electron chi connectivity index (χ3n) is 2.90.